The van der Waals surface area contributed by atoms with Gasteiger partial charge in [0.15, 0.2) is 0 Å². The highest BCUT2D eigenvalue weighted by atomic mass is 16.6. The molecule has 8 heteroatoms. The van der Waals surface area contributed by atoms with Crippen LogP contribution < -0.4 is 4.90 Å². The van der Waals surface area contributed by atoms with Crippen LogP contribution in [-0.2, 0) is 0 Å². The van der Waals surface area contributed by atoms with Crippen LogP contribution in [0.1, 0.15) is 31.2 Å². The Morgan fingerprint density at radius 2 is 2.09 bits per heavy atom. The number of rotatable bonds is 6. The molecule has 0 aliphatic carbocycles. The summed E-state index contributed by atoms with van der Waals surface area (Å²) in [4.78, 5) is 21.1. The summed E-state index contributed by atoms with van der Waals surface area (Å²) in [6.45, 7) is 6.45. The number of aryl methyl sites for hydroxylation is 2. The lowest BCUT2D eigenvalue weighted by Gasteiger charge is -2.18. The molecule has 0 saturated carbocycles. The molecule has 0 amide bonds. The van der Waals surface area contributed by atoms with Crippen molar-refractivity contribution in [2.24, 2.45) is 0 Å². The van der Waals surface area contributed by atoms with Crippen molar-refractivity contribution in [2.45, 2.75) is 33.6 Å². The second kappa shape index (κ2) is 6.50. The summed E-state index contributed by atoms with van der Waals surface area (Å²) < 4.78 is 1.49. The zero-order chi connectivity index (χ0) is 16.3. The largest absolute Gasteiger partial charge is 0.355 e. The molecule has 118 valence electrons. The predicted octanol–water partition coefficient (Wildman–Crippen LogP) is 2.42. The average molecular weight is 304 g/mol. The normalized spacial score (nSPS) is 10.7. The van der Waals surface area contributed by atoms with Crippen LogP contribution in [0, 0.1) is 24.0 Å². The van der Waals surface area contributed by atoms with Crippen molar-refractivity contribution >= 4 is 11.5 Å². The van der Waals surface area contributed by atoms with Gasteiger partial charge in [0.25, 0.3) is 0 Å². The molecule has 22 heavy (non-hydrogen) atoms. The second-order valence-corrected chi connectivity index (χ2v) is 5.24. The van der Waals surface area contributed by atoms with E-state index in [9.17, 15) is 10.1 Å². The first kappa shape index (κ1) is 15.9. The molecule has 0 saturated heterocycles. The number of hydrogen-bond acceptors (Lipinski definition) is 6. The molecule has 0 N–H and O–H groups in total. The van der Waals surface area contributed by atoms with Crippen LogP contribution in [0.15, 0.2) is 12.4 Å². The number of nitrogens with zero attached hydrogens (tertiary/aromatic N) is 6. The molecular weight excluding hydrogens is 284 g/mol. The molecule has 0 aliphatic heterocycles. The van der Waals surface area contributed by atoms with E-state index in [2.05, 4.69) is 22.0 Å². The van der Waals surface area contributed by atoms with Crippen LogP contribution in [0.3, 0.4) is 0 Å². The first-order valence-electron chi connectivity index (χ1n) is 7.19. The van der Waals surface area contributed by atoms with Gasteiger partial charge < -0.3 is 4.90 Å². The molecular formula is C14H20N6O2. The van der Waals surface area contributed by atoms with Gasteiger partial charge in [0.2, 0.25) is 11.6 Å². The first-order valence-corrected chi connectivity index (χ1v) is 7.19. The molecule has 2 rings (SSSR count). The summed E-state index contributed by atoms with van der Waals surface area (Å²) in [5.41, 5.74) is 1.46. The summed E-state index contributed by atoms with van der Waals surface area (Å²) >= 11 is 0. The first-order chi connectivity index (χ1) is 10.5. The van der Waals surface area contributed by atoms with Crippen LogP contribution in [0.25, 0.3) is 5.82 Å². The lowest BCUT2D eigenvalue weighted by molar-refractivity contribution is -0.384. The zero-order valence-corrected chi connectivity index (χ0v) is 13.3. The van der Waals surface area contributed by atoms with Gasteiger partial charge in [0.1, 0.15) is 6.33 Å². The van der Waals surface area contributed by atoms with Crippen molar-refractivity contribution in [2.75, 3.05) is 18.5 Å². The molecule has 2 heterocycles. The summed E-state index contributed by atoms with van der Waals surface area (Å²) in [6, 6.07) is 1.85. The smallest absolute Gasteiger partial charge is 0.354 e. The van der Waals surface area contributed by atoms with Gasteiger partial charge in [-0.3, -0.25) is 10.1 Å². The van der Waals surface area contributed by atoms with Crippen molar-refractivity contribution < 1.29 is 4.92 Å². The fourth-order valence-corrected chi connectivity index (χ4v) is 2.30. The van der Waals surface area contributed by atoms with Crippen molar-refractivity contribution in [3.8, 4) is 5.82 Å². The molecule has 0 fully saturated rings. The maximum atomic E-state index is 11.6. The summed E-state index contributed by atoms with van der Waals surface area (Å²) in [6.07, 6.45) is 3.29. The lowest BCUT2D eigenvalue weighted by atomic mass is 10.3. The Kier molecular flexibility index (Phi) is 4.69. The number of hydrogen-bond donors (Lipinski definition) is 0. The summed E-state index contributed by atoms with van der Waals surface area (Å²) in [5.74, 6) is 0.514. The number of aromatic nitrogens is 4. The van der Waals surface area contributed by atoms with E-state index in [1.54, 1.807) is 11.9 Å². The average Bonchev–Trinajstić information content (AvgIpc) is 2.82. The Balaban J connectivity index is 2.56. The minimum Gasteiger partial charge on any atom is -0.354 e. The highest BCUT2D eigenvalue weighted by Crippen LogP contribution is 2.30. The molecule has 0 atom stereocenters. The molecule has 0 bridgehead atoms. The Labute approximate surface area is 129 Å². The van der Waals surface area contributed by atoms with Crippen LogP contribution in [0.4, 0.5) is 11.5 Å². The van der Waals surface area contributed by atoms with E-state index < -0.39 is 4.92 Å². The van der Waals surface area contributed by atoms with Gasteiger partial charge in [-0.25, -0.2) is 14.6 Å². The van der Waals surface area contributed by atoms with Crippen molar-refractivity contribution in [1.29, 1.82) is 0 Å². The van der Waals surface area contributed by atoms with Crippen molar-refractivity contribution in [1.82, 2.24) is 19.7 Å². The van der Waals surface area contributed by atoms with Crippen molar-refractivity contribution in [3.63, 3.8) is 0 Å². The Bertz CT molecular complexity index is 682. The molecule has 2 aromatic heterocycles. The van der Waals surface area contributed by atoms with Gasteiger partial charge in [-0.1, -0.05) is 13.3 Å². The Hall–Kier alpha value is -2.51. The maximum absolute atomic E-state index is 11.6. The Morgan fingerprint density at radius 3 is 2.64 bits per heavy atom. The van der Waals surface area contributed by atoms with E-state index in [1.807, 2.05) is 19.9 Å². The summed E-state index contributed by atoms with van der Waals surface area (Å²) in [5, 5.41) is 15.9. The van der Waals surface area contributed by atoms with Gasteiger partial charge in [-0.05, 0) is 26.3 Å². The fraction of sp³-hybridized carbons (Fsp3) is 0.500. The van der Waals surface area contributed by atoms with Crippen LogP contribution >= 0.6 is 0 Å². The zero-order valence-electron chi connectivity index (χ0n) is 13.3. The third kappa shape index (κ3) is 3.05. The highest BCUT2D eigenvalue weighted by molar-refractivity contribution is 5.65. The van der Waals surface area contributed by atoms with Crippen LogP contribution in [-0.4, -0.2) is 38.3 Å². The third-order valence-electron chi connectivity index (χ3n) is 3.39. The maximum Gasteiger partial charge on any atom is 0.355 e. The standard InChI is InChI=1S/C14H20N6O2/c1-5-6-7-18(4)13-12(20(21)22)14(16-9-15-13)19-11(3)8-10(2)17-19/h8-9H,5-7H2,1-4H3. The van der Waals surface area contributed by atoms with E-state index in [1.165, 1.54) is 11.0 Å². The molecule has 0 aliphatic rings. The monoisotopic (exact) mass is 304 g/mol. The van der Waals surface area contributed by atoms with Crippen molar-refractivity contribution in [3.05, 3.63) is 33.9 Å². The molecule has 0 spiro atoms. The Morgan fingerprint density at radius 1 is 1.36 bits per heavy atom. The highest BCUT2D eigenvalue weighted by Gasteiger charge is 2.27. The summed E-state index contributed by atoms with van der Waals surface area (Å²) in [7, 11) is 1.80. The van der Waals surface area contributed by atoms with Gasteiger partial charge >= 0.3 is 5.69 Å². The minimum absolute atomic E-state index is 0.118. The predicted molar refractivity (Wildman–Crippen MR) is 83.5 cm³/mol. The van der Waals surface area contributed by atoms with E-state index in [-0.39, 0.29) is 11.5 Å². The topological polar surface area (TPSA) is 90.0 Å². The van der Waals surface area contributed by atoms with Gasteiger partial charge in [0.05, 0.1) is 10.6 Å². The quantitative estimate of drug-likeness (QED) is 0.601. The SMILES string of the molecule is CCCCN(C)c1ncnc(-n2nc(C)cc2C)c1[N+](=O)[O-]. The van der Waals surface area contributed by atoms with Gasteiger partial charge in [-0.2, -0.15) is 5.10 Å². The van der Waals surface area contributed by atoms with E-state index >= 15 is 0 Å². The molecule has 0 radical (unpaired) electrons. The molecule has 2 aromatic rings. The van der Waals surface area contributed by atoms with Crippen LogP contribution in [0.2, 0.25) is 0 Å². The number of nitro groups is 1. The van der Waals surface area contributed by atoms with Gasteiger partial charge in [-0.15, -0.1) is 0 Å². The molecule has 8 nitrogen and oxygen atoms in total. The van der Waals surface area contributed by atoms with Crippen LogP contribution in [0.5, 0.6) is 0 Å². The van der Waals surface area contributed by atoms with E-state index in [4.69, 9.17) is 0 Å². The minimum atomic E-state index is -0.441. The molecule has 0 aromatic carbocycles. The lowest BCUT2D eigenvalue weighted by Crippen LogP contribution is -2.22. The fourth-order valence-electron chi connectivity index (χ4n) is 2.30. The number of anilines is 1. The third-order valence-corrected chi connectivity index (χ3v) is 3.39. The second-order valence-electron chi connectivity index (χ2n) is 5.24. The van der Waals surface area contributed by atoms with E-state index in [0.29, 0.717) is 12.4 Å². The van der Waals surface area contributed by atoms with Gasteiger partial charge in [0, 0.05) is 19.3 Å². The van der Waals surface area contributed by atoms with E-state index in [0.717, 1.165) is 24.2 Å². The molecule has 0 unspecified atom stereocenters. The number of unbranched alkanes of at least 4 members (excludes halogenated alkanes) is 1.